The zero-order valence-corrected chi connectivity index (χ0v) is 13.8. The van der Waals surface area contributed by atoms with Crippen molar-refractivity contribution in [2.45, 2.75) is 18.9 Å². The van der Waals surface area contributed by atoms with E-state index in [0.29, 0.717) is 5.70 Å². The largest absolute Gasteiger partial charge is 0.466 e. The molecule has 0 radical (unpaired) electrons. The molecule has 1 aliphatic rings. The zero-order valence-electron chi connectivity index (χ0n) is 13.8. The van der Waals surface area contributed by atoms with Crippen molar-refractivity contribution in [1.82, 2.24) is 5.32 Å². The molecule has 10 nitrogen and oxygen atoms in total. The molecule has 2 atom stereocenters. The van der Waals surface area contributed by atoms with Crippen molar-refractivity contribution in [3.05, 3.63) is 61.3 Å². The number of nitrogens with one attached hydrogen (secondary N) is 1. The molecule has 0 saturated carbocycles. The van der Waals surface area contributed by atoms with Crippen molar-refractivity contribution >= 4 is 17.5 Å². The van der Waals surface area contributed by atoms with Gasteiger partial charge >= 0.3 is 5.97 Å². The second-order valence-corrected chi connectivity index (χ2v) is 5.32. The Balaban J connectivity index is 2.74. The van der Waals surface area contributed by atoms with Gasteiger partial charge in [-0.2, -0.15) is 0 Å². The molecule has 0 spiro atoms. The van der Waals surface area contributed by atoms with Crippen LogP contribution in [0.2, 0.25) is 0 Å². The monoisotopic (exact) mass is 348 g/mol. The van der Waals surface area contributed by atoms with E-state index >= 15 is 0 Å². The maximum Gasteiger partial charge on any atom is 0.336 e. The summed E-state index contributed by atoms with van der Waals surface area (Å²) < 4.78 is 4.75. The van der Waals surface area contributed by atoms with E-state index in [9.17, 15) is 25.0 Å². The first-order chi connectivity index (χ1) is 11.8. The second kappa shape index (κ2) is 7.07. The van der Waals surface area contributed by atoms with Gasteiger partial charge in [-0.15, -0.1) is 0 Å². The molecule has 132 valence electrons. The number of carbonyl (C=O) groups excluding carboxylic acids is 1. The molecular weight excluding hydrogens is 332 g/mol. The fourth-order valence-electron chi connectivity index (χ4n) is 2.86. The van der Waals surface area contributed by atoms with E-state index in [1.165, 1.54) is 31.3 Å². The Bertz CT molecular complexity index is 801. The molecule has 1 aromatic carbocycles. The molecule has 1 aromatic rings. The van der Waals surface area contributed by atoms with Crippen LogP contribution in [0.4, 0.5) is 5.69 Å². The van der Waals surface area contributed by atoms with Crippen LogP contribution in [0.15, 0.2) is 40.5 Å². The van der Waals surface area contributed by atoms with Crippen molar-refractivity contribution in [3.8, 4) is 0 Å². The van der Waals surface area contributed by atoms with Gasteiger partial charge in [0, 0.05) is 29.8 Å². The van der Waals surface area contributed by atoms with E-state index in [1.807, 2.05) is 0 Å². The number of hydrogen-bond acceptors (Lipinski definition) is 7. The summed E-state index contributed by atoms with van der Waals surface area (Å²) in [5, 5.41) is 25.5. The molecule has 0 bridgehead atoms. The summed E-state index contributed by atoms with van der Waals surface area (Å²) in [5.74, 6) is -1.75. The van der Waals surface area contributed by atoms with Crippen LogP contribution in [0, 0.1) is 20.2 Å². The van der Waals surface area contributed by atoms with Crippen molar-refractivity contribution < 1.29 is 19.4 Å². The number of benzene rings is 1. The van der Waals surface area contributed by atoms with Gasteiger partial charge in [-0.25, -0.2) is 4.79 Å². The van der Waals surface area contributed by atoms with Crippen LogP contribution in [0.1, 0.15) is 18.4 Å². The van der Waals surface area contributed by atoms with E-state index < -0.39 is 27.8 Å². The molecule has 10 heteroatoms. The number of non-ortho nitro benzene ring substituents is 1. The minimum atomic E-state index is -1.40. The highest BCUT2D eigenvalue weighted by atomic mass is 16.6. The Hall–Kier alpha value is -3.30. The fourth-order valence-corrected chi connectivity index (χ4v) is 2.86. The number of methoxy groups -OCH3 is 1. The topological polar surface area (TPSA) is 137 Å². The highest BCUT2D eigenvalue weighted by Gasteiger charge is 2.47. The van der Waals surface area contributed by atoms with Gasteiger partial charge in [-0.3, -0.25) is 25.2 Å². The van der Waals surface area contributed by atoms with Crippen LogP contribution < -0.4 is 5.32 Å². The minimum Gasteiger partial charge on any atom is -0.466 e. The smallest absolute Gasteiger partial charge is 0.336 e. The number of amidine groups is 1. The SMILES string of the molecule is CN=C1NC(C)=C(C(=O)OC)C(c2cccc([N+](=O)[O-])c2)C1[N+](=O)[O-]. The molecule has 2 rings (SSSR count). The van der Waals surface area contributed by atoms with Crippen molar-refractivity contribution in [1.29, 1.82) is 0 Å². The Morgan fingerprint density at radius 2 is 2.00 bits per heavy atom. The van der Waals surface area contributed by atoms with Gasteiger partial charge in [-0.1, -0.05) is 12.1 Å². The van der Waals surface area contributed by atoms with Gasteiger partial charge in [0.1, 0.15) is 0 Å². The third-order valence-electron chi connectivity index (χ3n) is 3.94. The Morgan fingerprint density at radius 1 is 1.32 bits per heavy atom. The lowest BCUT2D eigenvalue weighted by atomic mass is 9.80. The summed E-state index contributed by atoms with van der Waals surface area (Å²) in [5.41, 5.74) is 0.424. The molecule has 0 saturated heterocycles. The molecule has 0 amide bonds. The molecule has 0 fully saturated rings. The van der Waals surface area contributed by atoms with Gasteiger partial charge < -0.3 is 10.1 Å². The lowest BCUT2D eigenvalue weighted by Crippen LogP contribution is -2.49. The van der Waals surface area contributed by atoms with E-state index in [2.05, 4.69) is 10.3 Å². The molecule has 0 aliphatic carbocycles. The predicted octanol–water partition coefficient (Wildman–Crippen LogP) is 1.40. The number of nitro groups is 2. The first-order valence-corrected chi connectivity index (χ1v) is 7.22. The van der Waals surface area contributed by atoms with E-state index in [0.717, 1.165) is 7.11 Å². The average molecular weight is 348 g/mol. The molecule has 1 aliphatic heterocycles. The van der Waals surface area contributed by atoms with Crippen LogP contribution in [0.25, 0.3) is 0 Å². The van der Waals surface area contributed by atoms with Crippen molar-refractivity contribution in [2.24, 2.45) is 4.99 Å². The fraction of sp³-hybridized carbons (Fsp3) is 0.333. The number of nitrogens with zero attached hydrogens (tertiary/aromatic N) is 3. The number of esters is 1. The number of hydrogen-bond donors (Lipinski definition) is 1. The summed E-state index contributed by atoms with van der Waals surface area (Å²) in [4.78, 5) is 37.7. The lowest BCUT2D eigenvalue weighted by Gasteiger charge is -2.30. The number of aliphatic imine (C=N–C) groups is 1. The summed E-state index contributed by atoms with van der Waals surface area (Å²) in [6.45, 7) is 1.57. The average Bonchev–Trinajstić information content (AvgIpc) is 2.59. The summed E-state index contributed by atoms with van der Waals surface area (Å²) in [6, 6.07) is 4.01. The molecule has 25 heavy (non-hydrogen) atoms. The van der Waals surface area contributed by atoms with Crippen LogP contribution >= 0.6 is 0 Å². The van der Waals surface area contributed by atoms with E-state index in [-0.39, 0.29) is 22.7 Å². The third kappa shape index (κ3) is 3.32. The number of allylic oxidation sites excluding steroid dienone is 1. The van der Waals surface area contributed by atoms with E-state index in [1.54, 1.807) is 6.92 Å². The standard InChI is InChI=1S/C15H16N4O6/c1-8-11(15(20)25-3)12(13(19(23)24)14(16-2)17-8)9-5-4-6-10(7-9)18(21)22/h4-7,12-13H,1-3H3,(H,16,17). The van der Waals surface area contributed by atoms with Crippen LogP contribution in [-0.2, 0) is 9.53 Å². The third-order valence-corrected chi connectivity index (χ3v) is 3.94. The molecule has 1 heterocycles. The van der Waals surface area contributed by atoms with Gasteiger partial charge in [-0.05, 0) is 12.5 Å². The number of carbonyl (C=O) groups is 1. The highest BCUT2D eigenvalue weighted by molar-refractivity contribution is 5.99. The first kappa shape index (κ1) is 18.0. The lowest BCUT2D eigenvalue weighted by molar-refractivity contribution is -0.506. The normalized spacial score (nSPS) is 21.6. The Morgan fingerprint density at radius 3 is 2.52 bits per heavy atom. The minimum absolute atomic E-state index is 0.0390. The number of nitro benzene ring substituents is 1. The van der Waals surface area contributed by atoms with Gasteiger partial charge in [0.2, 0.25) is 0 Å². The Labute approximate surface area is 142 Å². The predicted molar refractivity (Wildman–Crippen MR) is 87.8 cm³/mol. The Kier molecular flexibility index (Phi) is 5.11. The maximum atomic E-state index is 12.2. The molecule has 1 N–H and O–H groups in total. The van der Waals surface area contributed by atoms with E-state index in [4.69, 9.17) is 4.74 Å². The van der Waals surface area contributed by atoms with Crippen molar-refractivity contribution in [3.63, 3.8) is 0 Å². The molecule has 2 unspecified atom stereocenters. The zero-order chi connectivity index (χ0) is 18.7. The van der Waals surface area contributed by atoms with Crippen LogP contribution in [0.3, 0.4) is 0 Å². The van der Waals surface area contributed by atoms with Crippen molar-refractivity contribution in [2.75, 3.05) is 14.2 Å². The van der Waals surface area contributed by atoms with Gasteiger partial charge in [0.05, 0.1) is 23.5 Å². The quantitative estimate of drug-likeness (QED) is 0.493. The summed E-state index contributed by atoms with van der Waals surface area (Å²) in [7, 11) is 2.55. The highest BCUT2D eigenvalue weighted by Crippen LogP contribution is 2.36. The summed E-state index contributed by atoms with van der Waals surface area (Å²) in [6.07, 6.45) is 0. The molecule has 0 aromatic heterocycles. The number of rotatable bonds is 4. The number of ether oxygens (including phenoxy) is 1. The van der Waals surface area contributed by atoms with Gasteiger partial charge in [0.25, 0.3) is 11.7 Å². The molecular formula is C15H16N4O6. The maximum absolute atomic E-state index is 12.2. The van der Waals surface area contributed by atoms with Crippen LogP contribution in [-0.4, -0.2) is 41.9 Å². The first-order valence-electron chi connectivity index (χ1n) is 7.22. The van der Waals surface area contributed by atoms with Gasteiger partial charge in [0.15, 0.2) is 5.84 Å². The second-order valence-electron chi connectivity index (χ2n) is 5.32. The summed E-state index contributed by atoms with van der Waals surface area (Å²) >= 11 is 0. The van der Waals surface area contributed by atoms with Crippen LogP contribution in [0.5, 0.6) is 0 Å².